The van der Waals surface area contributed by atoms with Crippen molar-refractivity contribution < 1.29 is 18.9 Å². The zero-order valence-electron chi connectivity index (χ0n) is 21.0. The molecule has 1 saturated heterocycles. The number of nitrogens with one attached hydrogen (secondary N) is 1. The number of aromatic nitrogens is 5. The predicted octanol–water partition coefficient (Wildman–Crippen LogP) is 2.91. The first-order chi connectivity index (χ1) is 19.2. The van der Waals surface area contributed by atoms with E-state index in [1.165, 1.54) is 0 Å². The van der Waals surface area contributed by atoms with Crippen molar-refractivity contribution in [3.8, 4) is 28.8 Å². The van der Waals surface area contributed by atoms with Crippen LogP contribution >= 0.6 is 0 Å². The van der Waals surface area contributed by atoms with E-state index in [1.54, 1.807) is 36.5 Å². The molecular formula is C27H26N8O4. The summed E-state index contributed by atoms with van der Waals surface area (Å²) in [6.07, 6.45) is 1.61. The normalized spacial score (nSPS) is 13.9. The number of benzene rings is 2. The van der Waals surface area contributed by atoms with Crippen molar-refractivity contribution in [2.75, 3.05) is 45.1 Å². The first kappa shape index (κ1) is 24.5. The average molecular weight is 527 g/mol. The van der Waals surface area contributed by atoms with Crippen molar-refractivity contribution >= 4 is 22.8 Å². The number of nitrogens with two attached hydrogens (primary N) is 1. The van der Waals surface area contributed by atoms with Gasteiger partial charge in [-0.25, -0.2) is 14.6 Å². The van der Waals surface area contributed by atoms with Gasteiger partial charge in [-0.2, -0.15) is 0 Å². The largest absolute Gasteiger partial charge is 0.439 e. The Balaban J connectivity index is 1.24. The molecule has 3 N–H and O–H groups in total. The molecule has 0 spiro atoms. The molecule has 1 aliphatic heterocycles. The van der Waals surface area contributed by atoms with Gasteiger partial charge in [-0.3, -0.25) is 14.3 Å². The van der Waals surface area contributed by atoms with E-state index in [0.717, 1.165) is 44.1 Å². The van der Waals surface area contributed by atoms with Gasteiger partial charge in [0.15, 0.2) is 17.3 Å². The van der Waals surface area contributed by atoms with Crippen LogP contribution in [0.15, 0.2) is 71.5 Å². The minimum Gasteiger partial charge on any atom is -0.439 e. The van der Waals surface area contributed by atoms with E-state index in [0.29, 0.717) is 40.8 Å². The molecule has 12 heteroatoms. The minimum absolute atomic E-state index is 0.131. The van der Waals surface area contributed by atoms with E-state index in [-0.39, 0.29) is 11.7 Å². The Bertz CT molecular complexity index is 1590. The average Bonchev–Trinajstić information content (AvgIpc) is 3.57. The highest BCUT2D eigenvalue weighted by atomic mass is 16.6. The summed E-state index contributed by atoms with van der Waals surface area (Å²) in [5.41, 5.74) is 8.97. The number of ether oxygens (including phenoxy) is 2. The number of nitrogens with zero attached hydrogens (tertiary/aromatic N) is 6. The van der Waals surface area contributed by atoms with Gasteiger partial charge in [0.1, 0.15) is 11.3 Å². The molecule has 198 valence electrons. The van der Waals surface area contributed by atoms with E-state index < -0.39 is 0 Å². The van der Waals surface area contributed by atoms with Crippen molar-refractivity contribution in [1.82, 2.24) is 35.1 Å². The highest BCUT2D eigenvalue weighted by molar-refractivity contribution is 5.94. The van der Waals surface area contributed by atoms with Gasteiger partial charge < -0.3 is 20.5 Å². The van der Waals surface area contributed by atoms with E-state index in [9.17, 15) is 4.79 Å². The molecule has 0 bridgehead atoms. The zero-order chi connectivity index (χ0) is 26.6. The lowest BCUT2D eigenvalue weighted by Crippen LogP contribution is -2.41. The molecule has 0 unspecified atom stereocenters. The summed E-state index contributed by atoms with van der Waals surface area (Å²) in [6, 6.07) is 18.4. The molecule has 0 atom stereocenters. The SMILES string of the molecule is Nc1nonc1-c1nc2cnc(Oc3cccc(C(=O)NCCN4CCOCC4)c3)cc2n1-c1ccccc1. The van der Waals surface area contributed by atoms with Crippen LogP contribution in [0.5, 0.6) is 11.6 Å². The van der Waals surface area contributed by atoms with Crippen LogP contribution in [0.2, 0.25) is 0 Å². The van der Waals surface area contributed by atoms with Gasteiger partial charge in [0.05, 0.1) is 24.9 Å². The monoisotopic (exact) mass is 526 g/mol. The number of para-hydroxylation sites is 1. The number of hydrogen-bond donors (Lipinski definition) is 2. The van der Waals surface area contributed by atoms with Crippen LogP contribution in [-0.4, -0.2) is 75.0 Å². The third-order valence-electron chi connectivity index (χ3n) is 6.39. The van der Waals surface area contributed by atoms with Crippen LogP contribution in [0.3, 0.4) is 0 Å². The Morgan fingerprint density at radius 1 is 1.05 bits per heavy atom. The maximum Gasteiger partial charge on any atom is 0.251 e. The van der Waals surface area contributed by atoms with Crippen molar-refractivity contribution in [3.05, 3.63) is 72.4 Å². The summed E-state index contributed by atoms with van der Waals surface area (Å²) in [7, 11) is 0. The summed E-state index contributed by atoms with van der Waals surface area (Å²) in [4.78, 5) is 24.1. The molecule has 1 aliphatic rings. The van der Waals surface area contributed by atoms with Crippen LogP contribution < -0.4 is 15.8 Å². The number of morpholine rings is 1. The van der Waals surface area contributed by atoms with Gasteiger partial charge >= 0.3 is 0 Å². The molecule has 2 aromatic carbocycles. The van der Waals surface area contributed by atoms with E-state index in [2.05, 4.69) is 30.5 Å². The fourth-order valence-corrected chi connectivity index (χ4v) is 4.44. The van der Waals surface area contributed by atoms with Gasteiger partial charge in [0.2, 0.25) is 5.88 Å². The van der Waals surface area contributed by atoms with Gasteiger partial charge in [-0.05, 0) is 40.6 Å². The summed E-state index contributed by atoms with van der Waals surface area (Å²) in [5.74, 6) is 1.25. The number of imidazole rings is 1. The Hall–Kier alpha value is -4.81. The molecule has 6 rings (SSSR count). The molecule has 3 aromatic heterocycles. The van der Waals surface area contributed by atoms with Crippen LogP contribution in [0.25, 0.3) is 28.2 Å². The highest BCUT2D eigenvalue weighted by Gasteiger charge is 2.21. The number of carbonyl (C=O) groups is 1. The van der Waals surface area contributed by atoms with Gasteiger partial charge in [-0.15, -0.1) is 0 Å². The summed E-state index contributed by atoms with van der Waals surface area (Å²) < 4.78 is 18.1. The number of pyridine rings is 1. The number of amides is 1. The molecule has 39 heavy (non-hydrogen) atoms. The van der Waals surface area contributed by atoms with E-state index >= 15 is 0 Å². The standard InChI is InChI=1S/C27H26N8O4/c28-25-24(32-39-33-25)26-31-21-17-30-23(16-22(21)35(26)19-6-2-1-3-7-19)38-20-8-4-5-18(15-20)27(36)29-9-10-34-11-13-37-14-12-34/h1-8,15-17H,9-14H2,(H2,28,33)(H,29,36). The first-order valence-electron chi connectivity index (χ1n) is 12.5. The van der Waals surface area contributed by atoms with Gasteiger partial charge in [0, 0.05) is 43.5 Å². The molecule has 0 radical (unpaired) electrons. The Labute approximate surface area is 223 Å². The van der Waals surface area contributed by atoms with E-state index in [4.69, 9.17) is 19.8 Å². The Kier molecular flexibility index (Phi) is 6.85. The minimum atomic E-state index is -0.164. The lowest BCUT2D eigenvalue weighted by atomic mass is 10.2. The van der Waals surface area contributed by atoms with Crippen LogP contribution in [0, 0.1) is 0 Å². The smallest absolute Gasteiger partial charge is 0.251 e. The third-order valence-corrected chi connectivity index (χ3v) is 6.39. The molecule has 4 heterocycles. The Morgan fingerprint density at radius 3 is 2.69 bits per heavy atom. The van der Waals surface area contributed by atoms with Gasteiger partial charge in [0.25, 0.3) is 5.91 Å². The van der Waals surface area contributed by atoms with Crippen molar-refractivity contribution in [2.24, 2.45) is 0 Å². The van der Waals surface area contributed by atoms with Crippen molar-refractivity contribution in [1.29, 1.82) is 0 Å². The van der Waals surface area contributed by atoms with Gasteiger partial charge in [-0.1, -0.05) is 24.3 Å². The lowest BCUT2D eigenvalue weighted by Gasteiger charge is -2.26. The number of hydrogen-bond acceptors (Lipinski definition) is 10. The summed E-state index contributed by atoms with van der Waals surface area (Å²) in [6.45, 7) is 4.55. The molecule has 5 aromatic rings. The Morgan fingerprint density at radius 2 is 1.90 bits per heavy atom. The quantitative estimate of drug-likeness (QED) is 0.309. The maximum atomic E-state index is 12.7. The van der Waals surface area contributed by atoms with Crippen LogP contribution in [0.4, 0.5) is 5.82 Å². The summed E-state index contributed by atoms with van der Waals surface area (Å²) >= 11 is 0. The van der Waals surface area contributed by atoms with E-state index in [1.807, 2.05) is 34.9 Å². The van der Waals surface area contributed by atoms with Crippen molar-refractivity contribution in [3.63, 3.8) is 0 Å². The summed E-state index contributed by atoms with van der Waals surface area (Å²) in [5, 5.41) is 10.6. The molecule has 0 aliphatic carbocycles. The topological polar surface area (TPSA) is 146 Å². The molecule has 1 amide bonds. The third kappa shape index (κ3) is 5.28. The number of anilines is 1. The second-order valence-corrected chi connectivity index (χ2v) is 8.96. The number of rotatable bonds is 8. The maximum absolute atomic E-state index is 12.7. The number of fused-ring (bicyclic) bond motifs is 1. The molecular weight excluding hydrogens is 500 g/mol. The number of carbonyl (C=O) groups excluding carboxylic acids is 1. The van der Waals surface area contributed by atoms with Crippen molar-refractivity contribution in [2.45, 2.75) is 0 Å². The second kappa shape index (κ2) is 10.9. The zero-order valence-corrected chi connectivity index (χ0v) is 21.0. The van der Waals surface area contributed by atoms with Crippen LogP contribution in [-0.2, 0) is 4.74 Å². The molecule has 1 fully saturated rings. The van der Waals surface area contributed by atoms with Crippen LogP contribution in [0.1, 0.15) is 10.4 Å². The number of nitrogen functional groups attached to an aromatic ring is 1. The fourth-order valence-electron chi connectivity index (χ4n) is 4.44. The second-order valence-electron chi connectivity index (χ2n) is 8.96. The first-order valence-corrected chi connectivity index (χ1v) is 12.5. The predicted molar refractivity (Wildman–Crippen MR) is 143 cm³/mol. The highest BCUT2D eigenvalue weighted by Crippen LogP contribution is 2.32. The molecule has 12 nitrogen and oxygen atoms in total. The fraction of sp³-hybridized carbons (Fsp3) is 0.222. The lowest BCUT2D eigenvalue weighted by molar-refractivity contribution is 0.0383. The molecule has 0 saturated carbocycles.